The van der Waals surface area contributed by atoms with E-state index in [4.69, 9.17) is 4.74 Å². The van der Waals surface area contributed by atoms with E-state index in [-0.39, 0.29) is 43.9 Å². The average molecular weight is 648 g/mol. The number of nitrogens with zero attached hydrogens (tertiary/aromatic N) is 2. The van der Waals surface area contributed by atoms with E-state index in [1.807, 2.05) is 57.2 Å². The standard InChI is InChI=1S/C33H40F3N3O5S/c1-32(2,3)37-31(41)29(21-24-12-7-6-8-13-24)38(23-25-14-9-17-28(20-25)44-4)30(40)18-11-19-39(45(5,42)43)27-16-10-15-26(22-27)33(34,35)36/h6-10,12-17,20,22,29H,11,18-19,21,23H2,1-5H3,(H,37,41)/t29-/m0/s1. The summed E-state index contributed by atoms with van der Waals surface area (Å²) in [6.07, 6.45) is -3.70. The van der Waals surface area contributed by atoms with Crippen LogP contribution in [0.25, 0.3) is 0 Å². The first-order chi connectivity index (χ1) is 21.0. The highest BCUT2D eigenvalue weighted by Gasteiger charge is 2.33. The number of halogens is 3. The molecule has 3 aromatic rings. The third-order valence-electron chi connectivity index (χ3n) is 6.87. The molecular formula is C33H40F3N3O5S. The monoisotopic (exact) mass is 647 g/mol. The van der Waals surface area contributed by atoms with Gasteiger partial charge in [0.25, 0.3) is 0 Å². The van der Waals surface area contributed by atoms with Gasteiger partial charge in [-0.3, -0.25) is 13.9 Å². The van der Waals surface area contributed by atoms with Gasteiger partial charge in [0, 0.05) is 31.5 Å². The number of anilines is 1. The first-order valence-corrected chi connectivity index (χ1v) is 16.3. The van der Waals surface area contributed by atoms with Gasteiger partial charge in [-0.1, -0.05) is 48.5 Å². The summed E-state index contributed by atoms with van der Waals surface area (Å²) < 4.78 is 71.5. The topological polar surface area (TPSA) is 96.0 Å². The molecule has 3 aromatic carbocycles. The molecule has 0 aliphatic carbocycles. The summed E-state index contributed by atoms with van der Waals surface area (Å²) in [7, 11) is -2.46. The van der Waals surface area contributed by atoms with Gasteiger partial charge in [-0.2, -0.15) is 13.2 Å². The van der Waals surface area contributed by atoms with E-state index >= 15 is 0 Å². The summed E-state index contributed by atoms with van der Waals surface area (Å²) in [4.78, 5) is 29.1. The van der Waals surface area contributed by atoms with Gasteiger partial charge in [0.15, 0.2) is 0 Å². The number of alkyl halides is 3. The van der Waals surface area contributed by atoms with Crippen molar-refractivity contribution in [3.8, 4) is 5.75 Å². The van der Waals surface area contributed by atoms with Crippen LogP contribution in [0.5, 0.6) is 5.75 Å². The quantitative estimate of drug-likeness (QED) is 0.253. The third kappa shape index (κ3) is 10.8. The lowest BCUT2D eigenvalue weighted by molar-refractivity contribution is -0.142. The first-order valence-electron chi connectivity index (χ1n) is 14.4. The molecule has 0 heterocycles. The third-order valence-corrected chi connectivity index (χ3v) is 8.06. The Kier molecular flexibility index (Phi) is 11.7. The summed E-state index contributed by atoms with van der Waals surface area (Å²) in [5.41, 5.74) is -0.173. The fourth-order valence-electron chi connectivity index (χ4n) is 4.82. The normalized spacial score (nSPS) is 12.7. The Morgan fingerprint density at radius 3 is 2.16 bits per heavy atom. The molecule has 244 valence electrons. The van der Waals surface area contributed by atoms with Crippen molar-refractivity contribution in [3.63, 3.8) is 0 Å². The van der Waals surface area contributed by atoms with Crippen molar-refractivity contribution in [3.05, 3.63) is 95.6 Å². The lowest BCUT2D eigenvalue weighted by atomic mass is 10.00. The van der Waals surface area contributed by atoms with E-state index in [1.165, 1.54) is 18.1 Å². The van der Waals surface area contributed by atoms with Crippen molar-refractivity contribution < 1.29 is 35.9 Å². The zero-order valence-corrected chi connectivity index (χ0v) is 26.9. The number of sulfonamides is 1. The minimum atomic E-state index is -4.66. The maximum absolute atomic E-state index is 14.0. The molecule has 3 rings (SSSR count). The lowest BCUT2D eigenvalue weighted by Gasteiger charge is -2.34. The molecule has 0 bridgehead atoms. The number of ether oxygens (including phenoxy) is 1. The van der Waals surface area contributed by atoms with Gasteiger partial charge in [-0.05, 0) is 68.7 Å². The number of carbonyl (C=O) groups excluding carboxylic acids is 2. The van der Waals surface area contributed by atoms with Crippen LogP contribution >= 0.6 is 0 Å². The molecule has 0 aliphatic rings. The SMILES string of the molecule is COc1cccc(CN(C(=O)CCCN(c2cccc(C(F)(F)F)c2)S(C)(=O)=O)[C@@H](Cc2ccccc2)C(=O)NC(C)(C)C)c1. The highest BCUT2D eigenvalue weighted by molar-refractivity contribution is 7.92. The Hall–Kier alpha value is -4.06. The molecule has 45 heavy (non-hydrogen) atoms. The molecule has 0 saturated heterocycles. The maximum Gasteiger partial charge on any atom is 0.416 e. The molecular weight excluding hydrogens is 607 g/mol. The van der Waals surface area contributed by atoms with Crippen LogP contribution < -0.4 is 14.4 Å². The second-order valence-electron chi connectivity index (χ2n) is 11.8. The molecule has 1 atom stereocenters. The summed E-state index contributed by atoms with van der Waals surface area (Å²) in [5, 5.41) is 2.98. The van der Waals surface area contributed by atoms with Gasteiger partial charge >= 0.3 is 6.18 Å². The minimum absolute atomic E-state index is 0.00426. The van der Waals surface area contributed by atoms with Crippen LogP contribution in [0, 0.1) is 0 Å². The zero-order chi connectivity index (χ0) is 33.4. The molecule has 0 spiro atoms. The van der Waals surface area contributed by atoms with Gasteiger partial charge in [-0.15, -0.1) is 0 Å². The Labute approximate surface area is 263 Å². The van der Waals surface area contributed by atoms with Crippen LogP contribution in [-0.4, -0.2) is 56.6 Å². The fourth-order valence-corrected chi connectivity index (χ4v) is 5.77. The van der Waals surface area contributed by atoms with Crippen LogP contribution in [0.4, 0.5) is 18.9 Å². The summed E-state index contributed by atoms with van der Waals surface area (Å²) >= 11 is 0. The molecule has 12 heteroatoms. The number of amides is 2. The minimum Gasteiger partial charge on any atom is -0.497 e. The average Bonchev–Trinajstić information content (AvgIpc) is 2.95. The number of benzene rings is 3. The van der Waals surface area contributed by atoms with Gasteiger partial charge in [0.1, 0.15) is 11.8 Å². The number of methoxy groups -OCH3 is 1. The Bertz CT molecular complexity index is 1560. The molecule has 0 fully saturated rings. The molecule has 0 aliphatic heterocycles. The number of rotatable bonds is 13. The molecule has 0 aromatic heterocycles. The van der Waals surface area contributed by atoms with E-state index < -0.39 is 39.3 Å². The molecule has 0 radical (unpaired) electrons. The van der Waals surface area contributed by atoms with Gasteiger partial charge in [0.2, 0.25) is 21.8 Å². The van der Waals surface area contributed by atoms with Crippen LogP contribution in [-0.2, 0) is 38.8 Å². The van der Waals surface area contributed by atoms with E-state index in [1.54, 1.807) is 18.2 Å². The van der Waals surface area contributed by atoms with Crippen LogP contribution in [0.3, 0.4) is 0 Å². The van der Waals surface area contributed by atoms with E-state index in [0.717, 1.165) is 34.3 Å². The Balaban J connectivity index is 1.93. The highest BCUT2D eigenvalue weighted by atomic mass is 32.2. The second kappa shape index (κ2) is 14.8. The molecule has 0 saturated carbocycles. The van der Waals surface area contributed by atoms with Gasteiger partial charge in [0.05, 0.1) is 24.6 Å². The molecule has 0 unspecified atom stereocenters. The Morgan fingerprint density at radius 2 is 1.56 bits per heavy atom. The first kappa shape index (κ1) is 35.4. The van der Waals surface area contributed by atoms with Crippen molar-refractivity contribution in [1.29, 1.82) is 0 Å². The molecule has 2 amide bonds. The van der Waals surface area contributed by atoms with E-state index in [0.29, 0.717) is 11.3 Å². The number of hydrogen-bond donors (Lipinski definition) is 1. The summed E-state index contributed by atoms with van der Waals surface area (Å²) in [6, 6.07) is 19.5. The van der Waals surface area contributed by atoms with Crippen LogP contribution in [0.1, 0.15) is 50.3 Å². The van der Waals surface area contributed by atoms with Gasteiger partial charge < -0.3 is 15.0 Å². The predicted molar refractivity (Wildman–Crippen MR) is 168 cm³/mol. The summed E-state index contributed by atoms with van der Waals surface area (Å²) in [6.45, 7) is 5.34. The number of nitrogens with one attached hydrogen (secondary N) is 1. The zero-order valence-electron chi connectivity index (χ0n) is 26.1. The van der Waals surface area contributed by atoms with E-state index in [9.17, 15) is 31.2 Å². The smallest absolute Gasteiger partial charge is 0.416 e. The second-order valence-corrected chi connectivity index (χ2v) is 13.7. The van der Waals surface area contributed by atoms with Crippen molar-refractivity contribution in [2.45, 2.75) is 64.3 Å². The van der Waals surface area contributed by atoms with E-state index in [2.05, 4.69) is 5.32 Å². The number of carbonyl (C=O) groups is 2. The van der Waals surface area contributed by atoms with Crippen molar-refractivity contribution >= 4 is 27.5 Å². The molecule has 8 nitrogen and oxygen atoms in total. The van der Waals surface area contributed by atoms with Crippen molar-refractivity contribution in [2.24, 2.45) is 0 Å². The highest BCUT2D eigenvalue weighted by Crippen LogP contribution is 2.32. The maximum atomic E-state index is 14.0. The fraction of sp³-hybridized carbons (Fsp3) is 0.394. The number of hydrogen-bond acceptors (Lipinski definition) is 5. The summed E-state index contributed by atoms with van der Waals surface area (Å²) in [5.74, 6) is -0.201. The van der Waals surface area contributed by atoms with Crippen molar-refractivity contribution in [2.75, 3.05) is 24.2 Å². The Morgan fingerprint density at radius 1 is 0.911 bits per heavy atom. The largest absolute Gasteiger partial charge is 0.497 e. The predicted octanol–water partition coefficient (Wildman–Crippen LogP) is 5.82. The van der Waals surface area contributed by atoms with Gasteiger partial charge in [-0.25, -0.2) is 8.42 Å². The lowest BCUT2D eigenvalue weighted by Crippen LogP contribution is -2.54. The van der Waals surface area contributed by atoms with Crippen LogP contribution in [0.2, 0.25) is 0 Å². The van der Waals surface area contributed by atoms with Crippen LogP contribution in [0.15, 0.2) is 78.9 Å². The molecule has 1 N–H and O–H groups in total. The van der Waals surface area contributed by atoms with Crippen molar-refractivity contribution in [1.82, 2.24) is 10.2 Å².